The number of amides is 1. The molecule has 18 heavy (non-hydrogen) atoms. The molecule has 1 rings (SSSR count). The molecular weight excluding hydrogens is 235 g/mol. The molecule has 0 aliphatic rings. The zero-order valence-electron chi connectivity index (χ0n) is 10.6. The average molecular weight is 252 g/mol. The Morgan fingerprint density at radius 2 is 2.22 bits per heavy atom. The highest BCUT2D eigenvalue weighted by Gasteiger charge is 2.09. The lowest BCUT2D eigenvalue weighted by Gasteiger charge is -2.09. The van der Waals surface area contributed by atoms with Gasteiger partial charge in [0.05, 0.1) is 6.61 Å². The van der Waals surface area contributed by atoms with E-state index in [0.717, 1.165) is 6.42 Å². The van der Waals surface area contributed by atoms with Crippen molar-refractivity contribution in [1.82, 2.24) is 5.32 Å². The molecule has 4 nitrogen and oxygen atoms in total. The fourth-order valence-electron chi connectivity index (χ4n) is 1.27. The van der Waals surface area contributed by atoms with Crippen LogP contribution in [0.3, 0.4) is 0 Å². The average Bonchev–Trinajstić information content (AvgIpc) is 2.36. The molecule has 0 saturated heterocycles. The Kier molecular flexibility index (Phi) is 5.84. The highest BCUT2D eigenvalue weighted by molar-refractivity contribution is 6.04. The van der Waals surface area contributed by atoms with Crippen LogP contribution in [0.1, 0.15) is 30.6 Å². The number of rotatable bonds is 4. The predicted molar refractivity (Wildman–Crippen MR) is 68.1 cm³/mol. The van der Waals surface area contributed by atoms with Crippen LogP contribution in [-0.4, -0.2) is 25.1 Å². The summed E-state index contributed by atoms with van der Waals surface area (Å²) in [5.74, 6) is -0.885. The van der Waals surface area contributed by atoms with Gasteiger partial charge in [-0.25, -0.2) is 9.38 Å². The van der Waals surface area contributed by atoms with Crippen molar-refractivity contribution in [2.24, 2.45) is 4.99 Å². The normalized spacial score (nSPS) is 11.2. The van der Waals surface area contributed by atoms with E-state index < -0.39 is 11.7 Å². The molecule has 1 N–H and O–H groups in total. The number of hydrogen-bond donors (Lipinski definition) is 1. The summed E-state index contributed by atoms with van der Waals surface area (Å²) in [6.07, 6.45) is 0.854. The van der Waals surface area contributed by atoms with E-state index >= 15 is 0 Å². The molecular formula is C13H17FN2O2. The number of carbonyl (C=O) groups excluding carboxylic acids is 1. The van der Waals surface area contributed by atoms with E-state index in [1.807, 2.05) is 6.92 Å². The SMILES string of the molecule is CCCN=C(NC(=O)c1cccc(F)c1)OCC. The summed E-state index contributed by atoms with van der Waals surface area (Å²) >= 11 is 0. The molecule has 0 unspecified atom stereocenters. The molecule has 0 heterocycles. The van der Waals surface area contributed by atoms with E-state index in [2.05, 4.69) is 10.3 Å². The Bertz CT molecular complexity index is 433. The third-order valence-electron chi connectivity index (χ3n) is 2.07. The highest BCUT2D eigenvalue weighted by atomic mass is 19.1. The maximum Gasteiger partial charge on any atom is 0.291 e. The number of halogens is 1. The van der Waals surface area contributed by atoms with Gasteiger partial charge in [0.2, 0.25) is 0 Å². The maximum absolute atomic E-state index is 13.0. The number of aliphatic imine (C=N–C) groups is 1. The van der Waals surface area contributed by atoms with Crippen LogP contribution in [0.5, 0.6) is 0 Å². The first-order valence-corrected chi connectivity index (χ1v) is 5.91. The van der Waals surface area contributed by atoms with Gasteiger partial charge in [-0.2, -0.15) is 0 Å². The number of carbonyl (C=O) groups is 1. The van der Waals surface area contributed by atoms with Crippen molar-refractivity contribution in [2.45, 2.75) is 20.3 Å². The van der Waals surface area contributed by atoms with Gasteiger partial charge in [0.15, 0.2) is 0 Å². The van der Waals surface area contributed by atoms with Crippen LogP contribution in [0.2, 0.25) is 0 Å². The van der Waals surface area contributed by atoms with Crippen molar-refractivity contribution >= 4 is 11.9 Å². The van der Waals surface area contributed by atoms with Crippen LogP contribution in [-0.2, 0) is 4.74 Å². The molecule has 1 amide bonds. The molecule has 0 bridgehead atoms. The quantitative estimate of drug-likeness (QED) is 0.660. The smallest absolute Gasteiger partial charge is 0.291 e. The number of benzene rings is 1. The second kappa shape index (κ2) is 7.42. The number of nitrogens with one attached hydrogen (secondary N) is 1. The lowest BCUT2D eigenvalue weighted by atomic mass is 10.2. The maximum atomic E-state index is 13.0. The van der Waals surface area contributed by atoms with E-state index in [1.165, 1.54) is 24.3 Å². The van der Waals surface area contributed by atoms with Gasteiger partial charge in [-0.1, -0.05) is 13.0 Å². The number of hydrogen-bond acceptors (Lipinski definition) is 3. The van der Waals surface area contributed by atoms with Gasteiger partial charge >= 0.3 is 0 Å². The number of ether oxygens (including phenoxy) is 1. The first-order valence-electron chi connectivity index (χ1n) is 5.91. The van der Waals surface area contributed by atoms with Crippen LogP contribution >= 0.6 is 0 Å². The Hall–Kier alpha value is -1.91. The lowest BCUT2D eigenvalue weighted by Crippen LogP contribution is -2.32. The Balaban J connectivity index is 2.72. The summed E-state index contributed by atoms with van der Waals surface area (Å²) in [5.41, 5.74) is 0.235. The Morgan fingerprint density at radius 1 is 1.44 bits per heavy atom. The molecule has 0 radical (unpaired) electrons. The van der Waals surface area contributed by atoms with E-state index in [4.69, 9.17) is 4.74 Å². The van der Waals surface area contributed by atoms with Gasteiger partial charge in [-0.15, -0.1) is 0 Å². The molecule has 0 fully saturated rings. The van der Waals surface area contributed by atoms with Gasteiger partial charge < -0.3 is 4.74 Å². The largest absolute Gasteiger partial charge is 0.465 e. The molecule has 1 aromatic rings. The first kappa shape index (κ1) is 14.2. The fraction of sp³-hybridized carbons (Fsp3) is 0.385. The van der Waals surface area contributed by atoms with Crippen LogP contribution in [0, 0.1) is 5.82 Å². The van der Waals surface area contributed by atoms with E-state index in [1.54, 1.807) is 6.92 Å². The van der Waals surface area contributed by atoms with Crippen LogP contribution in [0.4, 0.5) is 4.39 Å². The van der Waals surface area contributed by atoms with Gasteiger partial charge in [-0.3, -0.25) is 10.1 Å². The van der Waals surface area contributed by atoms with Crippen LogP contribution in [0.15, 0.2) is 29.3 Å². The molecule has 0 saturated carbocycles. The highest BCUT2D eigenvalue weighted by Crippen LogP contribution is 2.03. The summed E-state index contributed by atoms with van der Waals surface area (Å²) in [6, 6.07) is 5.63. The Morgan fingerprint density at radius 3 is 2.83 bits per heavy atom. The van der Waals surface area contributed by atoms with E-state index in [9.17, 15) is 9.18 Å². The Labute approximate surface area is 106 Å². The second-order valence-electron chi connectivity index (χ2n) is 3.58. The van der Waals surface area contributed by atoms with Crippen molar-refractivity contribution in [2.75, 3.05) is 13.2 Å². The molecule has 0 aliphatic carbocycles. The topological polar surface area (TPSA) is 50.7 Å². The molecule has 1 aromatic carbocycles. The molecule has 0 spiro atoms. The molecule has 0 aromatic heterocycles. The number of amidine groups is 1. The van der Waals surface area contributed by atoms with E-state index in [0.29, 0.717) is 13.2 Å². The third kappa shape index (κ3) is 4.53. The molecule has 0 aliphatic heterocycles. The van der Waals surface area contributed by atoms with Gasteiger partial charge in [0, 0.05) is 12.1 Å². The summed E-state index contributed by atoms with van der Waals surface area (Å²) in [7, 11) is 0. The van der Waals surface area contributed by atoms with Crippen molar-refractivity contribution in [3.63, 3.8) is 0 Å². The monoisotopic (exact) mass is 252 g/mol. The molecule has 0 atom stereocenters. The van der Waals surface area contributed by atoms with Crippen molar-refractivity contribution in [3.8, 4) is 0 Å². The summed E-state index contributed by atoms with van der Waals surface area (Å²) in [6.45, 7) is 4.75. The minimum absolute atomic E-state index is 0.175. The van der Waals surface area contributed by atoms with Crippen molar-refractivity contribution < 1.29 is 13.9 Å². The minimum Gasteiger partial charge on any atom is -0.465 e. The predicted octanol–water partition coefficient (Wildman–Crippen LogP) is 2.36. The van der Waals surface area contributed by atoms with Gasteiger partial charge in [0.1, 0.15) is 5.82 Å². The van der Waals surface area contributed by atoms with Crippen molar-refractivity contribution in [3.05, 3.63) is 35.6 Å². The first-order chi connectivity index (χ1) is 8.67. The zero-order valence-corrected chi connectivity index (χ0v) is 10.6. The van der Waals surface area contributed by atoms with Crippen LogP contribution in [0.25, 0.3) is 0 Å². The van der Waals surface area contributed by atoms with Crippen LogP contribution < -0.4 is 5.32 Å². The minimum atomic E-state index is -0.453. The summed E-state index contributed by atoms with van der Waals surface area (Å²) < 4.78 is 18.2. The van der Waals surface area contributed by atoms with Crippen molar-refractivity contribution in [1.29, 1.82) is 0 Å². The summed E-state index contributed by atoms with van der Waals surface area (Å²) in [5, 5.41) is 2.52. The zero-order chi connectivity index (χ0) is 13.4. The van der Waals surface area contributed by atoms with Gasteiger partial charge in [-0.05, 0) is 31.5 Å². The standard InChI is InChI=1S/C13H17FN2O2/c1-3-8-15-13(18-4-2)16-12(17)10-6-5-7-11(14)9-10/h5-7,9H,3-4,8H2,1-2H3,(H,15,16,17). The fourth-order valence-corrected chi connectivity index (χ4v) is 1.27. The number of nitrogens with zero attached hydrogens (tertiary/aromatic N) is 1. The second-order valence-corrected chi connectivity index (χ2v) is 3.58. The lowest BCUT2D eigenvalue weighted by molar-refractivity contribution is 0.0965. The van der Waals surface area contributed by atoms with E-state index in [-0.39, 0.29) is 11.6 Å². The molecule has 5 heteroatoms. The molecule has 98 valence electrons. The summed E-state index contributed by atoms with van der Waals surface area (Å²) in [4.78, 5) is 15.9. The van der Waals surface area contributed by atoms with Gasteiger partial charge in [0.25, 0.3) is 11.9 Å². The third-order valence-corrected chi connectivity index (χ3v) is 2.07.